The fraction of sp³-hybridized carbons (Fsp3) is 0.423. The Hall–Kier alpha value is -2.26. The molecule has 3 aromatic rings. The topological polar surface area (TPSA) is 63.9 Å². The fourth-order valence-electron chi connectivity index (χ4n) is 4.61. The zero-order valence-corrected chi connectivity index (χ0v) is 21.7. The third kappa shape index (κ3) is 5.68. The van der Waals surface area contributed by atoms with E-state index in [4.69, 9.17) is 9.73 Å². The number of rotatable bonds is 8. The second kappa shape index (κ2) is 11.0. The predicted octanol–water partition coefficient (Wildman–Crippen LogP) is 5.15. The van der Waals surface area contributed by atoms with E-state index in [1.165, 1.54) is 0 Å². The summed E-state index contributed by atoms with van der Waals surface area (Å²) in [5.41, 5.74) is 2.73. The fourth-order valence-corrected chi connectivity index (χ4v) is 7.29. The summed E-state index contributed by atoms with van der Waals surface area (Å²) in [4.78, 5) is 6.07. The zero-order valence-electron chi connectivity index (χ0n) is 20.1. The van der Waals surface area contributed by atoms with E-state index >= 15 is 0 Å². The molecule has 0 bridgehead atoms. The highest BCUT2D eigenvalue weighted by Gasteiger charge is 2.31. The third-order valence-electron chi connectivity index (χ3n) is 6.11. The summed E-state index contributed by atoms with van der Waals surface area (Å²) in [6.45, 7) is 6.78. The molecule has 1 aliphatic heterocycles. The van der Waals surface area contributed by atoms with Crippen LogP contribution in [0.4, 0.5) is 5.69 Å². The highest BCUT2D eigenvalue weighted by Crippen LogP contribution is 2.29. The smallest absolute Gasteiger partial charge is 0.243 e. The Labute approximate surface area is 206 Å². The van der Waals surface area contributed by atoms with E-state index in [9.17, 15) is 8.42 Å². The monoisotopic (exact) mass is 499 g/mol. The third-order valence-corrected chi connectivity index (χ3v) is 8.80. The molecule has 0 saturated carbocycles. The van der Waals surface area contributed by atoms with Crippen LogP contribution >= 0.6 is 11.3 Å². The zero-order chi connectivity index (χ0) is 24.1. The van der Waals surface area contributed by atoms with Crippen molar-refractivity contribution < 1.29 is 13.2 Å². The molecule has 0 radical (unpaired) electrons. The Morgan fingerprint density at radius 3 is 2.50 bits per heavy atom. The minimum atomic E-state index is -3.55. The predicted molar refractivity (Wildman–Crippen MR) is 138 cm³/mol. The Morgan fingerprint density at radius 1 is 1.06 bits per heavy atom. The molecule has 0 spiro atoms. The SMILES string of the molecule is COCCCn1c(-c2cccc(S(=O)(=O)N3C[C@H](C)C[C@@H](C)C3)c2)csc1=Nc1ccccc1. The molecule has 0 N–H and O–H groups in total. The van der Waals surface area contributed by atoms with Crippen LogP contribution < -0.4 is 4.80 Å². The van der Waals surface area contributed by atoms with E-state index < -0.39 is 10.0 Å². The molecule has 4 rings (SSSR count). The van der Waals surface area contributed by atoms with Gasteiger partial charge in [-0.3, -0.25) is 0 Å². The van der Waals surface area contributed by atoms with Crippen LogP contribution in [-0.2, 0) is 21.3 Å². The maximum Gasteiger partial charge on any atom is 0.243 e. The number of aromatic nitrogens is 1. The number of benzene rings is 2. The van der Waals surface area contributed by atoms with Crippen molar-refractivity contribution in [2.75, 3.05) is 26.8 Å². The van der Waals surface area contributed by atoms with Crippen LogP contribution in [0.1, 0.15) is 26.7 Å². The van der Waals surface area contributed by atoms with E-state index in [-0.39, 0.29) is 0 Å². The molecule has 182 valence electrons. The van der Waals surface area contributed by atoms with Gasteiger partial charge in [-0.1, -0.05) is 44.2 Å². The number of methoxy groups -OCH3 is 1. The maximum atomic E-state index is 13.5. The minimum absolute atomic E-state index is 0.350. The Morgan fingerprint density at radius 2 is 1.79 bits per heavy atom. The lowest BCUT2D eigenvalue weighted by atomic mass is 9.94. The van der Waals surface area contributed by atoms with Gasteiger partial charge < -0.3 is 9.30 Å². The lowest BCUT2D eigenvalue weighted by Crippen LogP contribution is -2.42. The van der Waals surface area contributed by atoms with Gasteiger partial charge in [-0.05, 0) is 48.9 Å². The molecule has 1 aromatic heterocycles. The van der Waals surface area contributed by atoms with Crippen LogP contribution in [0, 0.1) is 11.8 Å². The number of piperidine rings is 1. The highest BCUT2D eigenvalue weighted by atomic mass is 32.2. The van der Waals surface area contributed by atoms with Crippen molar-refractivity contribution in [3.63, 3.8) is 0 Å². The lowest BCUT2D eigenvalue weighted by molar-refractivity contribution is 0.190. The molecule has 1 saturated heterocycles. The van der Waals surface area contributed by atoms with Gasteiger partial charge in [0, 0.05) is 44.3 Å². The normalized spacial score (nSPS) is 20.0. The second-order valence-electron chi connectivity index (χ2n) is 9.14. The first kappa shape index (κ1) is 24.9. The van der Waals surface area contributed by atoms with Crippen molar-refractivity contribution in [1.29, 1.82) is 0 Å². The van der Waals surface area contributed by atoms with Crippen molar-refractivity contribution >= 4 is 27.0 Å². The first-order valence-corrected chi connectivity index (χ1v) is 14.1. The number of nitrogens with zero attached hydrogens (tertiary/aromatic N) is 3. The average Bonchev–Trinajstić information content (AvgIpc) is 3.21. The van der Waals surface area contributed by atoms with E-state index in [0.29, 0.717) is 36.4 Å². The van der Waals surface area contributed by atoms with Crippen molar-refractivity contribution in [2.45, 2.75) is 38.1 Å². The van der Waals surface area contributed by atoms with Gasteiger partial charge in [0.15, 0.2) is 4.80 Å². The van der Waals surface area contributed by atoms with Crippen molar-refractivity contribution in [3.8, 4) is 11.3 Å². The van der Waals surface area contributed by atoms with E-state index in [1.54, 1.807) is 34.9 Å². The summed E-state index contributed by atoms with van der Waals surface area (Å²) in [5.74, 6) is 0.729. The van der Waals surface area contributed by atoms with Gasteiger partial charge in [0.05, 0.1) is 16.3 Å². The summed E-state index contributed by atoms with van der Waals surface area (Å²) in [6, 6.07) is 17.2. The molecular formula is C26H33N3O3S2. The first-order valence-electron chi connectivity index (χ1n) is 11.8. The molecule has 0 unspecified atom stereocenters. The van der Waals surface area contributed by atoms with Gasteiger partial charge in [-0.25, -0.2) is 13.4 Å². The maximum absolute atomic E-state index is 13.5. The number of hydrogen-bond donors (Lipinski definition) is 0. The largest absolute Gasteiger partial charge is 0.385 e. The lowest BCUT2D eigenvalue weighted by Gasteiger charge is -2.34. The van der Waals surface area contributed by atoms with Gasteiger partial charge in [0.1, 0.15) is 0 Å². The van der Waals surface area contributed by atoms with Gasteiger partial charge in [-0.15, -0.1) is 11.3 Å². The first-order chi connectivity index (χ1) is 16.4. The standard InChI is InChI=1S/C26H33N3O3S2/c1-20-15-21(2)18-28(17-20)34(30,31)24-12-7-9-22(16-24)25-19-33-26(29(25)13-8-14-32-3)27-23-10-5-4-6-11-23/h4-7,9-12,16,19-21H,8,13-15,17-18H2,1-3H3/t20-,21-/m1/s1. The summed E-state index contributed by atoms with van der Waals surface area (Å²) >= 11 is 1.56. The minimum Gasteiger partial charge on any atom is -0.385 e. The van der Waals surface area contributed by atoms with Gasteiger partial charge in [0.25, 0.3) is 0 Å². The highest BCUT2D eigenvalue weighted by molar-refractivity contribution is 7.89. The number of para-hydroxylation sites is 1. The molecular weight excluding hydrogens is 466 g/mol. The van der Waals surface area contributed by atoms with Crippen LogP contribution in [-0.4, -0.2) is 44.1 Å². The van der Waals surface area contributed by atoms with Crippen molar-refractivity contribution in [1.82, 2.24) is 8.87 Å². The second-order valence-corrected chi connectivity index (χ2v) is 11.9. The van der Waals surface area contributed by atoms with Gasteiger partial charge >= 0.3 is 0 Å². The summed E-state index contributed by atoms with van der Waals surface area (Å²) < 4.78 is 36.1. The Bertz CT molecular complexity index is 1260. The van der Waals surface area contributed by atoms with Gasteiger partial charge in [0.2, 0.25) is 10.0 Å². The number of hydrogen-bond acceptors (Lipinski definition) is 5. The van der Waals surface area contributed by atoms with E-state index in [1.807, 2.05) is 42.5 Å². The van der Waals surface area contributed by atoms with Crippen LogP contribution in [0.25, 0.3) is 11.3 Å². The average molecular weight is 500 g/mol. The molecule has 2 heterocycles. The number of thiazole rings is 1. The molecule has 0 aliphatic carbocycles. The number of ether oxygens (including phenoxy) is 1. The van der Waals surface area contributed by atoms with Crippen molar-refractivity contribution in [3.05, 3.63) is 64.8 Å². The van der Waals surface area contributed by atoms with Crippen LogP contribution in [0.15, 0.2) is 69.9 Å². The van der Waals surface area contributed by atoms with Crippen LogP contribution in [0.2, 0.25) is 0 Å². The Kier molecular flexibility index (Phi) is 8.03. The molecule has 0 amide bonds. The van der Waals surface area contributed by atoms with E-state index in [0.717, 1.165) is 41.1 Å². The summed E-state index contributed by atoms with van der Waals surface area (Å²) in [7, 11) is -1.85. The molecule has 1 fully saturated rings. The quantitative estimate of drug-likeness (QED) is 0.403. The Balaban J connectivity index is 1.72. The van der Waals surface area contributed by atoms with Crippen molar-refractivity contribution in [2.24, 2.45) is 16.8 Å². The molecule has 2 aromatic carbocycles. The molecule has 6 nitrogen and oxygen atoms in total. The summed E-state index contributed by atoms with van der Waals surface area (Å²) in [5, 5.41) is 2.06. The number of sulfonamides is 1. The molecule has 2 atom stereocenters. The molecule has 8 heteroatoms. The molecule has 1 aliphatic rings. The van der Waals surface area contributed by atoms with E-state index in [2.05, 4.69) is 23.8 Å². The van der Waals surface area contributed by atoms with Crippen LogP contribution in [0.3, 0.4) is 0 Å². The summed E-state index contributed by atoms with van der Waals surface area (Å²) in [6.07, 6.45) is 1.90. The van der Waals surface area contributed by atoms with Gasteiger partial charge in [-0.2, -0.15) is 4.31 Å². The van der Waals surface area contributed by atoms with Crippen LogP contribution in [0.5, 0.6) is 0 Å². The molecule has 34 heavy (non-hydrogen) atoms.